The monoisotopic (exact) mass is 475 g/mol. The van der Waals surface area contributed by atoms with Gasteiger partial charge in [0, 0.05) is 24.5 Å². The number of carbonyl (C=O) groups excluding carboxylic acids is 1. The minimum absolute atomic E-state index is 0.0479. The second-order valence-electron chi connectivity index (χ2n) is 7.12. The van der Waals surface area contributed by atoms with Gasteiger partial charge >= 0.3 is 6.18 Å². The Kier molecular flexibility index (Phi) is 5.42. The summed E-state index contributed by atoms with van der Waals surface area (Å²) in [7, 11) is -2.38. The first-order valence-electron chi connectivity index (χ1n) is 9.37. The zero-order chi connectivity index (χ0) is 24.0. The zero-order valence-electron chi connectivity index (χ0n) is 17.0. The number of imidazole rings is 1. The van der Waals surface area contributed by atoms with Gasteiger partial charge in [-0.1, -0.05) is 12.1 Å². The molecular weight excluding hydrogens is 459 g/mol. The second-order valence-corrected chi connectivity index (χ2v) is 8.68. The topological polar surface area (TPSA) is 111 Å². The maximum atomic E-state index is 13.0. The summed E-state index contributed by atoms with van der Waals surface area (Å²) in [6, 6.07) is 10.0. The lowest BCUT2D eigenvalue weighted by molar-refractivity contribution is -0.137. The Hall–Kier alpha value is -3.77. The molecule has 8 nitrogen and oxygen atoms in total. The van der Waals surface area contributed by atoms with Crippen LogP contribution in [0.2, 0.25) is 0 Å². The molecule has 0 aliphatic carbocycles. The van der Waals surface area contributed by atoms with Crippen molar-refractivity contribution in [3.05, 3.63) is 78.4 Å². The van der Waals surface area contributed by atoms with Gasteiger partial charge in [0.2, 0.25) is 10.0 Å². The lowest BCUT2D eigenvalue weighted by atomic mass is 10.1. The van der Waals surface area contributed by atoms with Crippen LogP contribution >= 0.6 is 0 Å². The molecule has 33 heavy (non-hydrogen) atoms. The Morgan fingerprint density at radius 3 is 2.21 bits per heavy atom. The first-order chi connectivity index (χ1) is 15.4. The van der Waals surface area contributed by atoms with Crippen molar-refractivity contribution in [1.29, 1.82) is 0 Å². The Labute approximate surface area is 186 Å². The third-order valence-electron chi connectivity index (χ3n) is 4.98. The van der Waals surface area contributed by atoms with Gasteiger partial charge in [-0.25, -0.2) is 23.5 Å². The average molecular weight is 475 g/mol. The number of sulfonamides is 1. The van der Waals surface area contributed by atoms with Crippen molar-refractivity contribution in [3.63, 3.8) is 0 Å². The van der Waals surface area contributed by atoms with Crippen molar-refractivity contribution < 1.29 is 26.4 Å². The fourth-order valence-electron chi connectivity index (χ4n) is 3.19. The summed E-state index contributed by atoms with van der Waals surface area (Å²) in [5.41, 5.74) is 1.05. The number of alkyl halides is 3. The quantitative estimate of drug-likeness (QED) is 0.487. The summed E-state index contributed by atoms with van der Waals surface area (Å²) < 4.78 is 62.9. The van der Waals surface area contributed by atoms with Gasteiger partial charge in [0.05, 0.1) is 28.5 Å². The Morgan fingerprint density at radius 1 is 1.00 bits per heavy atom. The lowest BCUT2D eigenvalue weighted by Crippen LogP contribution is -2.27. The van der Waals surface area contributed by atoms with Crippen molar-refractivity contribution in [2.24, 2.45) is 5.14 Å². The molecule has 0 saturated heterocycles. The lowest BCUT2D eigenvalue weighted by Gasteiger charge is -2.17. The number of anilines is 1. The molecule has 2 heterocycles. The number of amides is 1. The molecule has 2 N–H and O–H groups in total. The van der Waals surface area contributed by atoms with Gasteiger partial charge in [-0.15, -0.1) is 0 Å². The fourth-order valence-corrected chi connectivity index (χ4v) is 3.71. The van der Waals surface area contributed by atoms with E-state index in [-0.39, 0.29) is 10.6 Å². The van der Waals surface area contributed by atoms with Crippen molar-refractivity contribution in [2.75, 3.05) is 11.9 Å². The van der Waals surface area contributed by atoms with E-state index in [2.05, 4.69) is 9.97 Å². The number of primary sulfonamides is 1. The van der Waals surface area contributed by atoms with E-state index in [0.29, 0.717) is 22.6 Å². The zero-order valence-corrected chi connectivity index (χ0v) is 17.8. The molecule has 0 spiro atoms. The van der Waals surface area contributed by atoms with Crippen LogP contribution < -0.4 is 10.0 Å². The molecule has 0 bridgehead atoms. The Bertz CT molecular complexity index is 1450. The summed E-state index contributed by atoms with van der Waals surface area (Å²) >= 11 is 0. The normalized spacial score (nSPS) is 12.2. The number of fused-ring (bicyclic) bond motifs is 1. The third kappa shape index (κ3) is 4.43. The number of hydrogen-bond donors (Lipinski definition) is 1. The standard InChI is InChI=1S/C21H16F3N5O3S/c1-28(15-6-8-16(9-7-15)33(25,31)32)20(30)17-12-29-18(10-27-19(29)11-26-17)13-2-4-14(5-3-13)21(22,23)24/h2-12H,1H3,(H2,25,31,32). The minimum Gasteiger partial charge on any atom is -0.310 e. The van der Waals surface area contributed by atoms with Crippen LogP contribution in [0.5, 0.6) is 0 Å². The SMILES string of the molecule is CN(C(=O)c1cn2c(-c3ccc(C(F)(F)F)cc3)cnc2cn1)c1ccc(S(N)(=O)=O)cc1. The molecule has 0 saturated carbocycles. The highest BCUT2D eigenvalue weighted by Crippen LogP contribution is 2.31. The van der Waals surface area contributed by atoms with E-state index in [4.69, 9.17) is 5.14 Å². The maximum Gasteiger partial charge on any atom is 0.416 e. The van der Waals surface area contributed by atoms with Crippen LogP contribution in [0.15, 0.2) is 72.0 Å². The molecule has 1 amide bonds. The first-order valence-corrected chi connectivity index (χ1v) is 10.9. The number of halogens is 3. The van der Waals surface area contributed by atoms with Crippen LogP contribution in [0, 0.1) is 0 Å². The molecule has 0 aliphatic rings. The summed E-state index contributed by atoms with van der Waals surface area (Å²) in [4.78, 5) is 22.5. The third-order valence-corrected chi connectivity index (χ3v) is 5.91. The summed E-state index contributed by atoms with van der Waals surface area (Å²) in [5, 5.41) is 5.09. The van der Waals surface area contributed by atoms with Crippen molar-refractivity contribution in [1.82, 2.24) is 14.4 Å². The van der Waals surface area contributed by atoms with Crippen molar-refractivity contribution in [2.45, 2.75) is 11.1 Å². The molecular formula is C21H16F3N5O3S. The van der Waals surface area contributed by atoms with Gasteiger partial charge in [0.1, 0.15) is 5.69 Å². The smallest absolute Gasteiger partial charge is 0.310 e. The van der Waals surface area contributed by atoms with Crippen LogP contribution in [0.1, 0.15) is 16.1 Å². The summed E-state index contributed by atoms with van der Waals surface area (Å²) in [6.07, 6.45) is -0.159. The van der Waals surface area contributed by atoms with Gasteiger partial charge in [-0.05, 0) is 36.4 Å². The molecule has 12 heteroatoms. The number of nitrogens with two attached hydrogens (primary N) is 1. The molecule has 0 aliphatic heterocycles. The van der Waals surface area contributed by atoms with E-state index in [1.807, 2.05) is 0 Å². The van der Waals surface area contributed by atoms with Gasteiger partial charge < -0.3 is 4.90 Å². The molecule has 0 radical (unpaired) electrons. The molecule has 2 aromatic carbocycles. The second kappa shape index (κ2) is 7.98. The molecule has 4 aromatic rings. The van der Waals surface area contributed by atoms with E-state index in [9.17, 15) is 26.4 Å². The summed E-state index contributed by atoms with van der Waals surface area (Å²) in [5.74, 6) is -0.493. The number of carbonyl (C=O) groups is 1. The number of nitrogens with zero attached hydrogens (tertiary/aromatic N) is 4. The van der Waals surface area contributed by atoms with Crippen molar-refractivity contribution in [3.8, 4) is 11.3 Å². The van der Waals surface area contributed by atoms with Gasteiger partial charge in [0.25, 0.3) is 5.91 Å². The highest BCUT2D eigenvalue weighted by molar-refractivity contribution is 7.89. The predicted molar refractivity (Wildman–Crippen MR) is 114 cm³/mol. The van der Waals surface area contributed by atoms with E-state index < -0.39 is 27.7 Å². The van der Waals surface area contributed by atoms with Gasteiger partial charge in [0.15, 0.2) is 5.65 Å². The molecule has 4 rings (SSSR count). The number of hydrogen-bond acceptors (Lipinski definition) is 5. The first kappa shape index (κ1) is 22.4. The van der Waals surface area contributed by atoms with E-state index in [1.54, 1.807) is 4.40 Å². The van der Waals surface area contributed by atoms with Crippen LogP contribution in [-0.2, 0) is 16.2 Å². The largest absolute Gasteiger partial charge is 0.416 e. The minimum atomic E-state index is -4.45. The predicted octanol–water partition coefficient (Wildman–Crippen LogP) is 3.34. The molecule has 170 valence electrons. The Morgan fingerprint density at radius 2 is 1.64 bits per heavy atom. The van der Waals surface area contributed by atoms with Crippen LogP contribution in [0.25, 0.3) is 16.9 Å². The van der Waals surface area contributed by atoms with E-state index >= 15 is 0 Å². The van der Waals surface area contributed by atoms with Gasteiger partial charge in [-0.2, -0.15) is 13.2 Å². The molecule has 0 fully saturated rings. The van der Waals surface area contributed by atoms with E-state index in [0.717, 1.165) is 12.1 Å². The number of benzene rings is 2. The summed E-state index contributed by atoms with van der Waals surface area (Å²) in [6.45, 7) is 0. The average Bonchev–Trinajstić information content (AvgIpc) is 3.20. The highest BCUT2D eigenvalue weighted by Gasteiger charge is 2.30. The van der Waals surface area contributed by atoms with E-state index in [1.165, 1.54) is 66.9 Å². The Balaban J connectivity index is 1.66. The highest BCUT2D eigenvalue weighted by atomic mass is 32.2. The molecule has 2 aromatic heterocycles. The van der Waals surface area contributed by atoms with Crippen LogP contribution in [0.4, 0.5) is 18.9 Å². The van der Waals surface area contributed by atoms with Crippen LogP contribution in [-0.4, -0.2) is 35.7 Å². The van der Waals surface area contributed by atoms with Crippen molar-refractivity contribution >= 4 is 27.3 Å². The fraction of sp³-hybridized carbons (Fsp3) is 0.0952. The van der Waals surface area contributed by atoms with Gasteiger partial charge in [-0.3, -0.25) is 9.20 Å². The molecule has 0 atom stereocenters. The molecule has 0 unspecified atom stereocenters. The maximum absolute atomic E-state index is 13.0. The number of rotatable bonds is 4. The van der Waals surface area contributed by atoms with Crippen LogP contribution in [0.3, 0.4) is 0 Å². The number of aromatic nitrogens is 3.